The molecule has 0 saturated heterocycles. The van der Waals surface area contributed by atoms with Crippen LogP contribution in [0.15, 0.2) is 29.3 Å². The van der Waals surface area contributed by atoms with E-state index < -0.39 is 0 Å². The van der Waals surface area contributed by atoms with Crippen molar-refractivity contribution in [1.82, 2.24) is 14.5 Å². The summed E-state index contributed by atoms with van der Waals surface area (Å²) in [4.78, 5) is 22.2. The number of aromatic nitrogens is 3. The summed E-state index contributed by atoms with van der Waals surface area (Å²) in [7, 11) is 0. The van der Waals surface area contributed by atoms with Gasteiger partial charge in [-0.3, -0.25) is 9.36 Å². The lowest BCUT2D eigenvalue weighted by Crippen LogP contribution is -3.18. The van der Waals surface area contributed by atoms with Crippen LogP contribution in [0.5, 0.6) is 5.75 Å². The van der Waals surface area contributed by atoms with Crippen LogP contribution in [-0.2, 0) is 6.54 Å². The molecule has 2 heterocycles. The Morgan fingerprint density at radius 1 is 1.23 bits per heavy atom. The van der Waals surface area contributed by atoms with Crippen molar-refractivity contribution in [3.63, 3.8) is 0 Å². The Morgan fingerprint density at radius 3 is 2.62 bits per heavy atom. The van der Waals surface area contributed by atoms with Gasteiger partial charge in [0.1, 0.15) is 16.8 Å². The summed E-state index contributed by atoms with van der Waals surface area (Å²) >= 11 is 0. The van der Waals surface area contributed by atoms with Gasteiger partial charge in [0.15, 0.2) is 0 Å². The molecule has 0 amide bonds. The molecule has 0 saturated carbocycles. The fourth-order valence-electron chi connectivity index (χ4n) is 3.68. The number of fused-ring (bicyclic) bond motifs is 3. The van der Waals surface area contributed by atoms with E-state index in [0.29, 0.717) is 36.3 Å². The molecule has 6 nitrogen and oxygen atoms in total. The van der Waals surface area contributed by atoms with Gasteiger partial charge in [0, 0.05) is 10.9 Å². The second-order valence-electron chi connectivity index (χ2n) is 7.37. The van der Waals surface area contributed by atoms with E-state index in [2.05, 4.69) is 37.7 Å². The second kappa shape index (κ2) is 7.50. The highest BCUT2D eigenvalue weighted by molar-refractivity contribution is 6.04. The summed E-state index contributed by atoms with van der Waals surface area (Å²) in [6, 6.07) is 6.83. The van der Waals surface area contributed by atoms with E-state index >= 15 is 0 Å². The van der Waals surface area contributed by atoms with Gasteiger partial charge in [-0.2, -0.15) is 0 Å². The van der Waals surface area contributed by atoms with Crippen LogP contribution in [-0.4, -0.2) is 39.8 Å². The Labute approximate surface area is 153 Å². The van der Waals surface area contributed by atoms with Gasteiger partial charge < -0.3 is 14.6 Å². The molecule has 0 fully saturated rings. The third-order valence-electron chi connectivity index (χ3n) is 4.98. The van der Waals surface area contributed by atoms with Crippen LogP contribution >= 0.6 is 0 Å². The number of quaternary nitrogens is 1. The molecule has 140 valence electrons. The summed E-state index contributed by atoms with van der Waals surface area (Å²) in [5.41, 5.74) is 2.16. The first-order chi connectivity index (χ1) is 12.4. The molecule has 0 atom stereocenters. The van der Waals surface area contributed by atoms with Crippen LogP contribution in [0, 0.1) is 0 Å². The number of H-pyrrole nitrogens is 1. The molecule has 3 rings (SSSR count). The topological polar surface area (TPSA) is 64.3 Å². The number of benzene rings is 1. The summed E-state index contributed by atoms with van der Waals surface area (Å²) in [6.45, 7) is 13.0. The van der Waals surface area contributed by atoms with Crippen molar-refractivity contribution in [2.24, 2.45) is 0 Å². The van der Waals surface area contributed by atoms with Crippen LogP contribution in [0.2, 0.25) is 0 Å². The first-order valence-electron chi connectivity index (χ1n) is 9.41. The molecule has 0 aliphatic rings. The fourth-order valence-corrected chi connectivity index (χ4v) is 3.68. The molecule has 26 heavy (non-hydrogen) atoms. The van der Waals surface area contributed by atoms with E-state index in [-0.39, 0.29) is 5.56 Å². The minimum atomic E-state index is -0.0176. The second-order valence-corrected chi connectivity index (χ2v) is 7.37. The number of nitrogens with zero attached hydrogens (tertiary/aromatic N) is 2. The van der Waals surface area contributed by atoms with Gasteiger partial charge in [-0.1, -0.05) is 0 Å². The Balaban J connectivity index is 1.95. The van der Waals surface area contributed by atoms with Gasteiger partial charge >= 0.3 is 0 Å². The van der Waals surface area contributed by atoms with E-state index in [9.17, 15) is 4.79 Å². The Bertz CT molecular complexity index is 947. The van der Waals surface area contributed by atoms with Crippen molar-refractivity contribution in [2.75, 3.05) is 13.2 Å². The minimum absolute atomic E-state index is 0.0176. The lowest BCUT2D eigenvalue weighted by Gasteiger charge is -2.27. The molecule has 0 bridgehead atoms. The van der Waals surface area contributed by atoms with Gasteiger partial charge in [0.25, 0.3) is 5.56 Å². The molecular formula is C20H29N4O2+. The lowest BCUT2D eigenvalue weighted by molar-refractivity contribution is -0.942. The quantitative estimate of drug-likeness (QED) is 0.680. The van der Waals surface area contributed by atoms with Crippen LogP contribution in [0.4, 0.5) is 0 Å². The molecule has 0 aliphatic heterocycles. The fraction of sp³-hybridized carbons (Fsp3) is 0.500. The molecule has 3 aromatic rings. The van der Waals surface area contributed by atoms with Gasteiger partial charge in [0.05, 0.1) is 38.1 Å². The zero-order valence-electron chi connectivity index (χ0n) is 16.3. The molecule has 6 heteroatoms. The number of hydrogen-bond donors (Lipinski definition) is 2. The van der Waals surface area contributed by atoms with Crippen LogP contribution < -0.4 is 15.2 Å². The summed E-state index contributed by atoms with van der Waals surface area (Å²) in [6.07, 6.45) is 1.67. The van der Waals surface area contributed by atoms with Crippen LogP contribution in [0.1, 0.15) is 34.6 Å². The van der Waals surface area contributed by atoms with Crippen LogP contribution in [0.3, 0.4) is 0 Å². The summed E-state index contributed by atoms with van der Waals surface area (Å²) in [5, 5.41) is 0.923. The van der Waals surface area contributed by atoms with E-state index in [4.69, 9.17) is 4.74 Å². The van der Waals surface area contributed by atoms with Gasteiger partial charge in [-0.25, -0.2) is 4.98 Å². The van der Waals surface area contributed by atoms with Gasteiger partial charge in [0.2, 0.25) is 0 Å². The first-order valence-corrected chi connectivity index (χ1v) is 9.41. The average molecular weight is 357 g/mol. The molecule has 2 aromatic heterocycles. The van der Waals surface area contributed by atoms with Crippen molar-refractivity contribution in [2.45, 2.75) is 53.2 Å². The normalized spacial score (nSPS) is 12.2. The highest BCUT2D eigenvalue weighted by Gasteiger charge is 2.18. The zero-order chi connectivity index (χ0) is 18.8. The molecule has 0 unspecified atom stereocenters. The highest BCUT2D eigenvalue weighted by Crippen LogP contribution is 2.25. The smallest absolute Gasteiger partial charge is 0.277 e. The average Bonchev–Trinajstić information content (AvgIpc) is 2.95. The lowest BCUT2D eigenvalue weighted by atomic mass is 10.2. The zero-order valence-corrected chi connectivity index (χ0v) is 16.3. The molecule has 0 radical (unpaired) electrons. The number of aromatic amines is 1. The third-order valence-corrected chi connectivity index (χ3v) is 4.98. The van der Waals surface area contributed by atoms with E-state index in [1.807, 2.05) is 25.1 Å². The maximum atomic E-state index is 12.9. The van der Waals surface area contributed by atoms with Crippen LogP contribution in [0.25, 0.3) is 21.9 Å². The molecule has 2 N–H and O–H groups in total. The maximum absolute atomic E-state index is 12.9. The first kappa shape index (κ1) is 18.5. The van der Waals surface area contributed by atoms with Gasteiger partial charge in [-0.05, 0) is 52.8 Å². The van der Waals surface area contributed by atoms with Crippen molar-refractivity contribution >= 4 is 21.9 Å². The third kappa shape index (κ3) is 3.46. The standard InChI is InChI=1S/C20H28N4O2/c1-6-26-15-7-8-17-16(11-15)18-19(22-17)20(25)23(12-21-18)9-10-24(13(2)3)14(4)5/h7-8,11-14,22H,6,9-10H2,1-5H3/p+1. The summed E-state index contributed by atoms with van der Waals surface area (Å²) < 4.78 is 7.28. The molecule has 0 spiro atoms. The number of ether oxygens (including phenoxy) is 1. The van der Waals surface area contributed by atoms with E-state index in [1.165, 1.54) is 4.90 Å². The Morgan fingerprint density at radius 2 is 1.96 bits per heavy atom. The van der Waals surface area contributed by atoms with Crippen molar-refractivity contribution < 1.29 is 9.64 Å². The number of nitrogens with one attached hydrogen (secondary N) is 2. The Hall–Kier alpha value is -2.34. The molecular weight excluding hydrogens is 328 g/mol. The van der Waals surface area contributed by atoms with Gasteiger partial charge in [-0.15, -0.1) is 0 Å². The van der Waals surface area contributed by atoms with Crippen molar-refractivity contribution in [1.29, 1.82) is 0 Å². The van der Waals surface area contributed by atoms with E-state index in [1.54, 1.807) is 10.9 Å². The number of rotatable bonds is 7. The monoisotopic (exact) mass is 357 g/mol. The predicted octanol–water partition coefficient (Wildman–Crippen LogP) is 1.98. The summed E-state index contributed by atoms with van der Waals surface area (Å²) in [5.74, 6) is 0.792. The largest absolute Gasteiger partial charge is 0.494 e. The minimum Gasteiger partial charge on any atom is -0.494 e. The van der Waals surface area contributed by atoms with Crippen molar-refractivity contribution in [3.8, 4) is 5.75 Å². The van der Waals surface area contributed by atoms with E-state index in [0.717, 1.165) is 23.2 Å². The SMILES string of the molecule is CCOc1ccc2[nH]c3c(=O)n(CC[NH+](C(C)C)C(C)C)cnc3c2c1. The predicted molar refractivity (Wildman–Crippen MR) is 105 cm³/mol. The maximum Gasteiger partial charge on any atom is 0.277 e. The highest BCUT2D eigenvalue weighted by atomic mass is 16.5. The Kier molecular flexibility index (Phi) is 5.32. The van der Waals surface area contributed by atoms with Crippen molar-refractivity contribution in [3.05, 3.63) is 34.9 Å². The number of hydrogen-bond acceptors (Lipinski definition) is 3. The molecule has 0 aliphatic carbocycles. The molecule has 1 aromatic carbocycles.